The van der Waals surface area contributed by atoms with Gasteiger partial charge in [0.05, 0.1) is 0 Å². The molecule has 1 N–H and O–H groups in total. The van der Waals surface area contributed by atoms with Crippen molar-refractivity contribution in [1.82, 2.24) is 5.32 Å². The van der Waals surface area contributed by atoms with Crippen LogP contribution in [0.4, 0.5) is 5.69 Å². The molecule has 0 spiro atoms. The zero-order chi connectivity index (χ0) is 15.0. The Hall–Kier alpha value is -0.730. The minimum atomic E-state index is 0.122. The van der Waals surface area contributed by atoms with Crippen molar-refractivity contribution in [3.63, 3.8) is 0 Å². The number of nitrogens with zero attached hydrogens (tertiary/aromatic N) is 1. The minimum absolute atomic E-state index is 0.122. The Morgan fingerprint density at radius 2 is 2.00 bits per heavy atom. The summed E-state index contributed by atoms with van der Waals surface area (Å²) in [6, 6.07) is 6.27. The van der Waals surface area contributed by atoms with Gasteiger partial charge in [-0.25, -0.2) is 0 Å². The molecule has 2 nitrogen and oxygen atoms in total. The normalized spacial score (nSPS) is 18.6. The molecular formula is C17H27ClN2. The van der Waals surface area contributed by atoms with Crippen molar-refractivity contribution in [2.75, 3.05) is 11.4 Å². The maximum Gasteiger partial charge on any atom is 0.0431 e. The first-order valence-electron chi connectivity index (χ1n) is 7.50. The fourth-order valence-corrected chi connectivity index (χ4v) is 3.02. The number of nitrogens with one attached hydrogen (secondary N) is 1. The molecule has 0 saturated carbocycles. The molecular weight excluding hydrogens is 268 g/mol. The van der Waals surface area contributed by atoms with E-state index in [-0.39, 0.29) is 11.1 Å². The lowest BCUT2D eigenvalue weighted by atomic mass is 10.00. The number of halogens is 1. The zero-order valence-electron chi connectivity index (χ0n) is 13.4. The van der Waals surface area contributed by atoms with E-state index in [4.69, 9.17) is 11.6 Å². The van der Waals surface area contributed by atoms with Gasteiger partial charge < -0.3 is 10.2 Å². The molecule has 0 unspecified atom stereocenters. The molecule has 0 aromatic heterocycles. The van der Waals surface area contributed by atoms with Gasteiger partial charge in [-0.1, -0.05) is 17.7 Å². The predicted octanol–water partition coefficient (Wildman–Crippen LogP) is 4.61. The molecule has 1 aromatic carbocycles. The van der Waals surface area contributed by atoms with E-state index >= 15 is 0 Å². The Morgan fingerprint density at radius 3 is 2.55 bits per heavy atom. The monoisotopic (exact) mass is 294 g/mol. The standard InChI is InChI=1S/C17H27ClN2/c1-16(2,3)19-12-13-7-8-14(18)11-15(13)20-10-6-9-17(20,4)5/h7-8,11,19H,6,9-10,12H2,1-5H3. The number of rotatable bonds is 3. The van der Waals surface area contributed by atoms with Crippen molar-refractivity contribution in [2.45, 2.75) is 65.1 Å². The average Bonchev–Trinajstić information content (AvgIpc) is 2.66. The zero-order valence-corrected chi connectivity index (χ0v) is 14.1. The van der Waals surface area contributed by atoms with Crippen LogP contribution in [0.1, 0.15) is 53.0 Å². The molecule has 3 heteroatoms. The smallest absolute Gasteiger partial charge is 0.0431 e. The van der Waals surface area contributed by atoms with Gasteiger partial charge in [0.15, 0.2) is 0 Å². The van der Waals surface area contributed by atoms with E-state index in [2.05, 4.69) is 57.0 Å². The van der Waals surface area contributed by atoms with Gasteiger partial charge in [0.2, 0.25) is 0 Å². The van der Waals surface area contributed by atoms with Crippen molar-refractivity contribution in [2.24, 2.45) is 0 Å². The van der Waals surface area contributed by atoms with Gasteiger partial charge in [-0.05, 0) is 65.2 Å². The Bertz CT molecular complexity index is 474. The second-order valence-corrected chi connectivity index (χ2v) is 7.88. The lowest BCUT2D eigenvalue weighted by Crippen LogP contribution is -2.40. The average molecular weight is 295 g/mol. The van der Waals surface area contributed by atoms with Gasteiger partial charge >= 0.3 is 0 Å². The van der Waals surface area contributed by atoms with Crippen molar-refractivity contribution in [3.05, 3.63) is 28.8 Å². The third-order valence-corrected chi connectivity index (χ3v) is 4.28. The first kappa shape index (κ1) is 15.7. The van der Waals surface area contributed by atoms with E-state index in [1.54, 1.807) is 0 Å². The SMILES string of the molecule is CC(C)(C)NCc1ccc(Cl)cc1N1CCCC1(C)C. The van der Waals surface area contributed by atoms with Gasteiger partial charge in [-0.15, -0.1) is 0 Å². The van der Waals surface area contributed by atoms with Gasteiger partial charge in [0.25, 0.3) is 0 Å². The summed E-state index contributed by atoms with van der Waals surface area (Å²) in [5.41, 5.74) is 2.97. The maximum atomic E-state index is 6.23. The molecule has 20 heavy (non-hydrogen) atoms. The Balaban J connectivity index is 2.29. The highest BCUT2D eigenvalue weighted by Gasteiger charge is 2.33. The van der Waals surface area contributed by atoms with E-state index in [9.17, 15) is 0 Å². The molecule has 1 aliphatic heterocycles. The second kappa shape index (κ2) is 5.57. The van der Waals surface area contributed by atoms with Crippen LogP contribution in [0.2, 0.25) is 5.02 Å². The summed E-state index contributed by atoms with van der Waals surface area (Å²) < 4.78 is 0. The molecule has 112 valence electrons. The van der Waals surface area contributed by atoms with Gasteiger partial charge in [0, 0.05) is 34.9 Å². The quantitative estimate of drug-likeness (QED) is 0.876. The number of hydrogen-bond donors (Lipinski definition) is 1. The lowest BCUT2D eigenvalue weighted by Gasteiger charge is -2.35. The van der Waals surface area contributed by atoms with Crippen molar-refractivity contribution in [3.8, 4) is 0 Å². The summed E-state index contributed by atoms with van der Waals surface area (Å²) in [6.45, 7) is 13.2. The Kier molecular flexibility index (Phi) is 4.36. The molecule has 1 aliphatic rings. The van der Waals surface area contributed by atoms with Crippen LogP contribution in [0.5, 0.6) is 0 Å². The van der Waals surface area contributed by atoms with Crippen LogP contribution in [0, 0.1) is 0 Å². The topological polar surface area (TPSA) is 15.3 Å². The van der Waals surface area contributed by atoms with Crippen molar-refractivity contribution >= 4 is 17.3 Å². The molecule has 0 bridgehead atoms. The van der Waals surface area contributed by atoms with Gasteiger partial charge in [-0.3, -0.25) is 0 Å². The van der Waals surface area contributed by atoms with E-state index < -0.39 is 0 Å². The predicted molar refractivity (Wildman–Crippen MR) is 88.7 cm³/mol. The number of benzene rings is 1. The largest absolute Gasteiger partial charge is 0.366 e. The van der Waals surface area contributed by atoms with Gasteiger partial charge in [-0.2, -0.15) is 0 Å². The molecule has 1 fully saturated rings. The van der Waals surface area contributed by atoms with Crippen molar-refractivity contribution in [1.29, 1.82) is 0 Å². The molecule has 0 aliphatic carbocycles. The second-order valence-electron chi connectivity index (χ2n) is 7.44. The summed E-state index contributed by atoms with van der Waals surface area (Å²) >= 11 is 6.23. The highest BCUT2D eigenvalue weighted by Crippen LogP contribution is 2.36. The van der Waals surface area contributed by atoms with E-state index in [0.717, 1.165) is 18.1 Å². The van der Waals surface area contributed by atoms with Crippen molar-refractivity contribution < 1.29 is 0 Å². The molecule has 1 heterocycles. The van der Waals surface area contributed by atoms with Crippen LogP contribution in [0.25, 0.3) is 0 Å². The third-order valence-electron chi connectivity index (χ3n) is 4.05. The van der Waals surface area contributed by atoms with Crippen LogP contribution in [0.3, 0.4) is 0 Å². The fraction of sp³-hybridized carbons (Fsp3) is 0.647. The van der Waals surface area contributed by atoms with E-state index in [0.29, 0.717) is 0 Å². The number of hydrogen-bond acceptors (Lipinski definition) is 2. The van der Waals surface area contributed by atoms with Crippen LogP contribution >= 0.6 is 11.6 Å². The third kappa shape index (κ3) is 3.67. The van der Waals surface area contributed by atoms with Crippen LogP contribution in [-0.2, 0) is 6.54 Å². The molecule has 1 aromatic rings. The van der Waals surface area contributed by atoms with Crippen LogP contribution < -0.4 is 10.2 Å². The first-order valence-corrected chi connectivity index (χ1v) is 7.88. The molecule has 0 atom stereocenters. The van der Waals surface area contributed by atoms with E-state index in [1.807, 2.05) is 6.07 Å². The highest BCUT2D eigenvalue weighted by molar-refractivity contribution is 6.30. The maximum absolute atomic E-state index is 6.23. The van der Waals surface area contributed by atoms with Crippen LogP contribution in [0.15, 0.2) is 18.2 Å². The van der Waals surface area contributed by atoms with Crippen LogP contribution in [-0.4, -0.2) is 17.6 Å². The highest BCUT2D eigenvalue weighted by atomic mass is 35.5. The summed E-state index contributed by atoms with van der Waals surface area (Å²) in [6.07, 6.45) is 2.50. The summed E-state index contributed by atoms with van der Waals surface area (Å²) in [5, 5.41) is 4.40. The Labute approximate surface area is 128 Å². The minimum Gasteiger partial charge on any atom is -0.366 e. The summed E-state index contributed by atoms with van der Waals surface area (Å²) in [7, 11) is 0. The Morgan fingerprint density at radius 1 is 1.30 bits per heavy atom. The first-order chi connectivity index (χ1) is 9.19. The van der Waals surface area contributed by atoms with E-state index in [1.165, 1.54) is 24.1 Å². The molecule has 0 radical (unpaired) electrons. The summed E-state index contributed by atoms with van der Waals surface area (Å²) in [5.74, 6) is 0. The van der Waals surface area contributed by atoms with Gasteiger partial charge in [0.1, 0.15) is 0 Å². The summed E-state index contributed by atoms with van der Waals surface area (Å²) in [4.78, 5) is 2.51. The fourth-order valence-electron chi connectivity index (χ4n) is 2.85. The lowest BCUT2D eigenvalue weighted by molar-refractivity contribution is 0.423. The molecule has 2 rings (SSSR count). The molecule has 1 saturated heterocycles. The molecule has 0 amide bonds. The number of anilines is 1.